The van der Waals surface area contributed by atoms with E-state index in [0.717, 1.165) is 0 Å². The van der Waals surface area contributed by atoms with E-state index in [4.69, 9.17) is 10.2 Å². The van der Waals surface area contributed by atoms with Crippen molar-refractivity contribution in [3.05, 3.63) is 24.5 Å². The van der Waals surface area contributed by atoms with E-state index in [1.165, 1.54) is 4.68 Å². The number of aryl methyl sites for hydroxylation is 1. The average molecular weight is 269 g/mol. The molecule has 0 saturated heterocycles. The molecule has 2 heterocycles. The molecule has 2 aromatic rings. The molecular weight excluding hydrogens is 254 g/mol. The Balaban J connectivity index is 2.16. The molecule has 0 atom stereocenters. The molecule has 0 aliphatic carbocycles. The molecule has 0 bridgehead atoms. The zero-order chi connectivity index (χ0) is 13.2. The van der Waals surface area contributed by atoms with Crippen molar-refractivity contribution in [2.75, 3.05) is 17.2 Å². The summed E-state index contributed by atoms with van der Waals surface area (Å²) in [4.78, 5) is 0. The Hall–Kier alpha value is -1.76. The highest BCUT2D eigenvalue weighted by Gasteiger charge is 2.12. The van der Waals surface area contributed by atoms with Gasteiger partial charge in [0, 0.05) is 11.8 Å². The summed E-state index contributed by atoms with van der Waals surface area (Å²) in [5, 5.41) is 4.22. The van der Waals surface area contributed by atoms with Gasteiger partial charge in [-0.2, -0.15) is 5.10 Å². The van der Waals surface area contributed by atoms with Gasteiger partial charge in [-0.1, -0.05) is 6.92 Å². The number of sulfone groups is 1. The minimum Gasteiger partial charge on any atom is -0.463 e. The summed E-state index contributed by atoms with van der Waals surface area (Å²) in [6.45, 7) is 1.87. The molecule has 2 N–H and O–H groups in total. The van der Waals surface area contributed by atoms with Crippen LogP contribution in [0.4, 0.5) is 5.82 Å². The fourth-order valence-corrected chi connectivity index (χ4v) is 2.26. The van der Waals surface area contributed by atoms with Crippen LogP contribution >= 0.6 is 0 Å². The predicted molar refractivity (Wildman–Crippen MR) is 68.7 cm³/mol. The van der Waals surface area contributed by atoms with E-state index in [1.54, 1.807) is 31.4 Å². The van der Waals surface area contributed by atoms with E-state index in [1.807, 2.05) is 0 Å². The number of nitrogens with two attached hydrogens (primary N) is 1. The number of furan rings is 1. The van der Waals surface area contributed by atoms with Crippen LogP contribution in [0, 0.1) is 0 Å². The van der Waals surface area contributed by atoms with E-state index < -0.39 is 9.84 Å². The van der Waals surface area contributed by atoms with Gasteiger partial charge < -0.3 is 10.2 Å². The topological polar surface area (TPSA) is 91.1 Å². The molecule has 0 saturated carbocycles. The second-order valence-electron chi connectivity index (χ2n) is 3.89. The number of aromatic nitrogens is 2. The van der Waals surface area contributed by atoms with Crippen LogP contribution < -0.4 is 5.73 Å². The number of nitrogen functional groups attached to an aromatic ring is 1. The predicted octanol–water partition coefficient (Wildman–Crippen LogP) is 1.16. The Labute approximate surface area is 105 Å². The largest absolute Gasteiger partial charge is 0.463 e. The molecule has 0 spiro atoms. The maximum atomic E-state index is 11.4. The molecule has 0 aromatic carbocycles. The molecule has 0 radical (unpaired) electrons. The minimum atomic E-state index is -3.02. The van der Waals surface area contributed by atoms with Crippen molar-refractivity contribution >= 4 is 15.7 Å². The minimum absolute atomic E-state index is 0.0347. The van der Waals surface area contributed by atoms with Gasteiger partial charge >= 0.3 is 0 Å². The van der Waals surface area contributed by atoms with Crippen LogP contribution in [0.15, 0.2) is 28.9 Å². The monoisotopic (exact) mass is 269 g/mol. The van der Waals surface area contributed by atoms with Gasteiger partial charge in [-0.05, 0) is 12.1 Å². The van der Waals surface area contributed by atoms with E-state index in [9.17, 15) is 8.42 Å². The van der Waals surface area contributed by atoms with Crippen molar-refractivity contribution in [1.82, 2.24) is 9.78 Å². The molecule has 98 valence electrons. The molecule has 0 aliphatic rings. The van der Waals surface area contributed by atoms with Crippen LogP contribution in [0.5, 0.6) is 0 Å². The molecule has 0 fully saturated rings. The summed E-state index contributed by atoms with van der Waals surface area (Å²) >= 11 is 0. The molecule has 2 rings (SSSR count). The normalized spacial score (nSPS) is 11.8. The zero-order valence-corrected chi connectivity index (χ0v) is 10.9. The molecular formula is C11H15N3O3S. The highest BCUT2D eigenvalue weighted by molar-refractivity contribution is 7.91. The second-order valence-corrected chi connectivity index (χ2v) is 6.36. The molecule has 0 aliphatic heterocycles. The lowest BCUT2D eigenvalue weighted by atomic mass is 10.3. The van der Waals surface area contributed by atoms with E-state index in [-0.39, 0.29) is 18.1 Å². The van der Waals surface area contributed by atoms with Crippen LogP contribution in [0.3, 0.4) is 0 Å². The smallest absolute Gasteiger partial charge is 0.154 e. The van der Waals surface area contributed by atoms with Gasteiger partial charge in [0.25, 0.3) is 0 Å². The van der Waals surface area contributed by atoms with Crippen LogP contribution in [0.1, 0.15) is 6.92 Å². The summed E-state index contributed by atoms with van der Waals surface area (Å²) in [7, 11) is -3.02. The van der Waals surface area contributed by atoms with Crippen LogP contribution in [0.25, 0.3) is 11.5 Å². The molecule has 0 unspecified atom stereocenters. The first-order valence-corrected chi connectivity index (χ1v) is 7.41. The van der Waals surface area contributed by atoms with E-state index in [0.29, 0.717) is 17.3 Å². The van der Waals surface area contributed by atoms with Crippen LogP contribution in [-0.2, 0) is 16.4 Å². The number of nitrogens with zero attached hydrogens (tertiary/aromatic N) is 2. The van der Waals surface area contributed by atoms with Crippen LogP contribution in [-0.4, -0.2) is 29.7 Å². The van der Waals surface area contributed by atoms with Crippen molar-refractivity contribution < 1.29 is 12.8 Å². The molecule has 6 nitrogen and oxygen atoms in total. The molecule has 2 aromatic heterocycles. The van der Waals surface area contributed by atoms with Gasteiger partial charge in [0.1, 0.15) is 11.5 Å². The first-order chi connectivity index (χ1) is 8.52. The summed E-state index contributed by atoms with van der Waals surface area (Å²) in [5.74, 6) is 1.19. The Morgan fingerprint density at radius 3 is 2.89 bits per heavy atom. The fraction of sp³-hybridized carbons (Fsp3) is 0.364. The van der Waals surface area contributed by atoms with Crippen molar-refractivity contribution in [3.8, 4) is 11.5 Å². The third kappa shape index (κ3) is 2.73. The first-order valence-electron chi connectivity index (χ1n) is 5.59. The van der Waals surface area contributed by atoms with E-state index in [2.05, 4.69) is 5.10 Å². The number of hydrogen-bond donors (Lipinski definition) is 1. The SMILES string of the molecule is CCS(=O)(=O)CCn1nc(-c2ccco2)cc1N. The molecule has 7 heteroatoms. The van der Waals surface area contributed by atoms with Crippen molar-refractivity contribution in [2.45, 2.75) is 13.5 Å². The summed E-state index contributed by atoms with van der Waals surface area (Å²) in [6.07, 6.45) is 1.55. The summed E-state index contributed by atoms with van der Waals surface area (Å²) in [5.41, 5.74) is 6.39. The third-order valence-corrected chi connectivity index (χ3v) is 4.32. The first kappa shape index (κ1) is 12.7. The van der Waals surface area contributed by atoms with E-state index >= 15 is 0 Å². The Morgan fingerprint density at radius 2 is 2.28 bits per heavy atom. The zero-order valence-electron chi connectivity index (χ0n) is 10.0. The summed E-state index contributed by atoms with van der Waals surface area (Å²) in [6, 6.07) is 5.19. The number of rotatable bonds is 5. The maximum absolute atomic E-state index is 11.4. The number of anilines is 1. The van der Waals surface area contributed by atoms with Gasteiger partial charge in [0.2, 0.25) is 0 Å². The van der Waals surface area contributed by atoms with Crippen molar-refractivity contribution in [2.24, 2.45) is 0 Å². The lowest BCUT2D eigenvalue weighted by Gasteiger charge is -2.03. The fourth-order valence-electron chi connectivity index (χ4n) is 1.52. The van der Waals surface area contributed by atoms with Crippen LogP contribution in [0.2, 0.25) is 0 Å². The van der Waals surface area contributed by atoms with Crippen molar-refractivity contribution in [1.29, 1.82) is 0 Å². The third-order valence-electron chi connectivity index (χ3n) is 2.64. The lowest BCUT2D eigenvalue weighted by molar-refractivity contribution is 0.572. The lowest BCUT2D eigenvalue weighted by Crippen LogP contribution is -2.16. The quantitative estimate of drug-likeness (QED) is 0.879. The standard InChI is InChI=1S/C11H15N3O3S/c1-2-18(15,16)7-5-14-11(12)8-9(13-14)10-4-3-6-17-10/h3-4,6,8H,2,5,7,12H2,1H3. The molecule has 18 heavy (non-hydrogen) atoms. The molecule has 0 amide bonds. The highest BCUT2D eigenvalue weighted by atomic mass is 32.2. The van der Waals surface area contributed by atoms with Gasteiger partial charge in [-0.15, -0.1) is 0 Å². The highest BCUT2D eigenvalue weighted by Crippen LogP contribution is 2.20. The Kier molecular flexibility index (Phi) is 3.42. The van der Waals surface area contributed by atoms with Gasteiger partial charge in [0.05, 0.1) is 18.6 Å². The average Bonchev–Trinajstić information content (AvgIpc) is 2.95. The summed E-state index contributed by atoms with van der Waals surface area (Å²) < 4.78 is 29.5. The second kappa shape index (κ2) is 4.85. The Bertz CT molecular complexity index is 614. The van der Waals surface area contributed by atoms with Gasteiger partial charge in [0.15, 0.2) is 15.6 Å². The maximum Gasteiger partial charge on any atom is 0.154 e. The Morgan fingerprint density at radius 1 is 1.50 bits per heavy atom. The van der Waals surface area contributed by atoms with Gasteiger partial charge in [-0.3, -0.25) is 0 Å². The van der Waals surface area contributed by atoms with Gasteiger partial charge in [-0.25, -0.2) is 13.1 Å². The van der Waals surface area contributed by atoms with Crippen molar-refractivity contribution in [3.63, 3.8) is 0 Å². The number of hydrogen-bond acceptors (Lipinski definition) is 5.